The summed E-state index contributed by atoms with van der Waals surface area (Å²) in [5, 5.41) is 6.36. The average Bonchev–Trinajstić information content (AvgIpc) is 3.49. The molecule has 3 amide bonds. The summed E-state index contributed by atoms with van der Waals surface area (Å²) in [5.74, 6) is 0.145. The number of amides is 3. The minimum absolute atomic E-state index is 0.0221. The third-order valence-corrected chi connectivity index (χ3v) is 6.01. The van der Waals surface area contributed by atoms with Crippen LogP contribution in [0.25, 0.3) is 10.9 Å². The van der Waals surface area contributed by atoms with E-state index in [2.05, 4.69) is 20.1 Å². The number of H-pyrrole nitrogens is 1. The summed E-state index contributed by atoms with van der Waals surface area (Å²) in [6.07, 6.45) is 5.50. The number of nitrogens with zero attached hydrogens (tertiary/aromatic N) is 1. The molecule has 1 aliphatic rings. The molecule has 3 rings (SSSR count). The Balaban J connectivity index is 0.000000734. The molecule has 0 saturated carbocycles. The van der Waals surface area contributed by atoms with Crippen LogP contribution >= 0.6 is 20.4 Å². The zero-order valence-corrected chi connectivity index (χ0v) is 24.8. The SMILES string of the molecule is COc1cccc2[nH]c(C(=O)NCC(=O)N(C(C)C)C(C)CC3CCNC3=O)cc12.CSC.O=COP(O)O. The van der Waals surface area contributed by atoms with Crippen molar-refractivity contribution in [3.05, 3.63) is 30.0 Å². The van der Waals surface area contributed by atoms with Crippen LogP contribution in [0.15, 0.2) is 24.3 Å². The van der Waals surface area contributed by atoms with Gasteiger partial charge < -0.3 is 39.6 Å². The fourth-order valence-electron chi connectivity index (χ4n) is 4.25. The molecule has 218 valence electrons. The number of hydrogen-bond donors (Lipinski definition) is 5. The lowest BCUT2D eigenvalue weighted by Crippen LogP contribution is -2.48. The first kappa shape index (κ1) is 34.2. The topological polar surface area (TPSA) is 170 Å². The molecule has 39 heavy (non-hydrogen) atoms. The first-order valence-electron chi connectivity index (χ1n) is 12.2. The van der Waals surface area contributed by atoms with Crippen molar-refractivity contribution in [3.63, 3.8) is 0 Å². The molecule has 0 aliphatic carbocycles. The van der Waals surface area contributed by atoms with E-state index in [1.54, 1.807) is 29.8 Å². The van der Waals surface area contributed by atoms with Gasteiger partial charge >= 0.3 is 8.60 Å². The van der Waals surface area contributed by atoms with E-state index >= 15 is 0 Å². The number of carbonyl (C=O) groups excluding carboxylic acids is 4. The van der Waals surface area contributed by atoms with Crippen LogP contribution in [0.4, 0.5) is 0 Å². The molecule has 14 heteroatoms. The average molecular weight is 587 g/mol. The van der Waals surface area contributed by atoms with Gasteiger partial charge in [-0.3, -0.25) is 19.2 Å². The highest BCUT2D eigenvalue weighted by atomic mass is 32.2. The molecular formula is C25H39N4O8PS. The number of methoxy groups -OCH3 is 1. The van der Waals surface area contributed by atoms with Gasteiger partial charge in [-0.1, -0.05) is 6.07 Å². The predicted octanol–water partition coefficient (Wildman–Crippen LogP) is 2.41. The molecule has 2 unspecified atom stereocenters. The lowest BCUT2D eigenvalue weighted by molar-refractivity contribution is -0.135. The van der Waals surface area contributed by atoms with Crippen molar-refractivity contribution < 1.29 is 38.2 Å². The van der Waals surface area contributed by atoms with Gasteiger partial charge in [0, 0.05) is 35.4 Å². The number of fused-ring (bicyclic) bond motifs is 1. The highest BCUT2D eigenvalue weighted by Gasteiger charge is 2.30. The van der Waals surface area contributed by atoms with Crippen LogP contribution in [-0.4, -0.2) is 88.7 Å². The Morgan fingerprint density at radius 3 is 2.44 bits per heavy atom. The molecule has 12 nitrogen and oxygen atoms in total. The molecule has 5 N–H and O–H groups in total. The van der Waals surface area contributed by atoms with E-state index in [4.69, 9.17) is 19.3 Å². The summed E-state index contributed by atoms with van der Waals surface area (Å²) in [4.78, 5) is 66.7. The number of aromatic amines is 1. The van der Waals surface area contributed by atoms with Gasteiger partial charge in [-0.2, -0.15) is 11.8 Å². The van der Waals surface area contributed by atoms with Crippen LogP contribution in [0.3, 0.4) is 0 Å². The van der Waals surface area contributed by atoms with Crippen molar-refractivity contribution in [2.24, 2.45) is 5.92 Å². The maximum absolute atomic E-state index is 12.9. The number of nitrogens with one attached hydrogen (secondary N) is 3. The molecule has 1 aromatic carbocycles. The molecule has 2 atom stereocenters. The third kappa shape index (κ3) is 11.0. The standard InChI is InChI=1S/C22H30N4O4.C2H6S.CH3O4P/c1-13(2)26(14(3)10-15-8-9-23-21(15)28)20(27)12-24-22(29)18-11-16-17(25-18)6-5-7-19(16)30-4;1-3-2;2-1-5-6(3)4/h5-7,11,13-15,25H,8-10,12H2,1-4H3,(H,23,28)(H,24,29);1-2H3;1,3-4H. The van der Waals surface area contributed by atoms with Crippen LogP contribution in [0.5, 0.6) is 5.75 Å². The van der Waals surface area contributed by atoms with E-state index in [0.717, 1.165) is 17.3 Å². The molecule has 2 heterocycles. The lowest BCUT2D eigenvalue weighted by atomic mass is 9.97. The smallest absolute Gasteiger partial charge is 0.393 e. The van der Waals surface area contributed by atoms with Gasteiger partial charge in [0.15, 0.2) is 0 Å². The lowest BCUT2D eigenvalue weighted by Gasteiger charge is -2.34. The summed E-state index contributed by atoms with van der Waals surface area (Å²) >= 11 is 1.75. The van der Waals surface area contributed by atoms with Crippen LogP contribution in [0, 0.1) is 5.92 Å². The number of benzene rings is 1. The van der Waals surface area contributed by atoms with E-state index in [1.807, 2.05) is 51.5 Å². The molecule has 1 aromatic heterocycles. The summed E-state index contributed by atoms with van der Waals surface area (Å²) < 4.78 is 8.86. The Morgan fingerprint density at radius 1 is 1.28 bits per heavy atom. The summed E-state index contributed by atoms with van der Waals surface area (Å²) in [6, 6.07) is 7.12. The van der Waals surface area contributed by atoms with Crippen molar-refractivity contribution in [3.8, 4) is 5.75 Å². The maximum atomic E-state index is 12.9. The van der Waals surface area contributed by atoms with E-state index in [9.17, 15) is 14.4 Å². The highest BCUT2D eigenvalue weighted by Crippen LogP contribution is 2.26. The number of rotatable bonds is 10. The molecule has 0 bridgehead atoms. The van der Waals surface area contributed by atoms with Gasteiger partial charge in [-0.15, -0.1) is 0 Å². The molecule has 0 radical (unpaired) electrons. The first-order chi connectivity index (χ1) is 18.5. The minimum atomic E-state index is -2.47. The Labute approximate surface area is 234 Å². The Kier molecular flexibility index (Phi) is 15.5. The second-order valence-corrected chi connectivity index (χ2v) is 10.4. The fourth-order valence-corrected chi connectivity index (χ4v) is 4.32. The molecule has 1 saturated heterocycles. The van der Waals surface area contributed by atoms with Gasteiger partial charge in [0.05, 0.1) is 13.7 Å². The van der Waals surface area contributed by atoms with Crippen molar-refractivity contribution in [1.29, 1.82) is 0 Å². The largest absolute Gasteiger partial charge is 0.496 e. The van der Waals surface area contributed by atoms with E-state index < -0.39 is 8.60 Å². The monoisotopic (exact) mass is 586 g/mol. The molecular weight excluding hydrogens is 547 g/mol. The summed E-state index contributed by atoms with van der Waals surface area (Å²) in [6.45, 7) is 6.40. The number of carbonyl (C=O) groups is 4. The number of hydrogen-bond acceptors (Lipinski definition) is 9. The van der Waals surface area contributed by atoms with E-state index in [1.165, 1.54) is 0 Å². The number of aromatic nitrogens is 1. The van der Waals surface area contributed by atoms with Crippen LogP contribution in [0.1, 0.15) is 44.1 Å². The van der Waals surface area contributed by atoms with E-state index in [-0.39, 0.29) is 48.7 Å². The summed E-state index contributed by atoms with van der Waals surface area (Å²) in [7, 11) is -0.888. The fraction of sp³-hybridized carbons (Fsp3) is 0.520. The quantitative estimate of drug-likeness (QED) is 0.207. The number of ether oxygens (including phenoxy) is 1. The highest BCUT2D eigenvalue weighted by molar-refractivity contribution is 7.97. The molecule has 1 fully saturated rings. The van der Waals surface area contributed by atoms with Crippen LogP contribution in [0.2, 0.25) is 0 Å². The second kappa shape index (κ2) is 17.7. The Hall–Kier alpha value is -2.86. The minimum Gasteiger partial charge on any atom is -0.496 e. The Bertz CT molecular complexity index is 1080. The van der Waals surface area contributed by atoms with Crippen molar-refractivity contribution in [1.82, 2.24) is 20.5 Å². The van der Waals surface area contributed by atoms with Crippen molar-refractivity contribution >= 4 is 55.5 Å². The zero-order chi connectivity index (χ0) is 29.5. The molecule has 1 aliphatic heterocycles. The second-order valence-electron chi connectivity index (χ2n) is 8.91. The van der Waals surface area contributed by atoms with Gasteiger partial charge in [0.1, 0.15) is 11.4 Å². The van der Waals surface area contributed by atoms with Crippen molar-refractivity contribution in [2.75, 3.05) is 32.7 Å². The zero-order valence-electron chi connectivity index (χ0n) is 23.1. The molecule has 0 spiro atoms. The van der Waals surface area contributed by atoms with Gasteiger partial charge in [0.2, 0.25) is 11.8 Å². The number of thioether (sulfide) groups is 1. The van der Waals surface area contributed by atoms with E-state index in [0.29, 0.717) is 24.4 Å². The molecule has 2 aromatic rings. The Morgan fingerprint density at radius 2 is 1.95 bits per heavy atom. The third-order valence-electron chi connectivity index (χ3n) is 5.73. The van der Waals surface area contributed by atoms with Gasteiger partial charge in [-0.05, 0) is 64.3 Å². The normalized spacial score (nSPS) is 14.9. The van der Waals surface area contributed by atoms with Gasteiger partial charge in [0.25, 0.3) is 12.4 Å². The predicted molar refractivity (Wildman–Crippen MR) is 152 cm³/mol. The van der Waals surface area contributed by atoms with Gasteiger partial charge in [-0.25, -0.2) is 0 Å². The van der Waals surface area contributed by atoms with Crippen molar-refractivity contribution in [2.45, 2.75) is 45.7 Å². The first-order valence-corrected chi connectivity index (χ1v) is 15.0. The van der Waals surface area contributed by atoms with Crippen LogP contribution < -0.4 is 15.4 Å². The summed E-state index contributed by atoms with van der Waals surface area (Å²) in [5.41, 5.74) is 1.16. The van der Waals surface area contributed by atoms with Crippen LogP contribution in [-0.2, 0) is 18.9 Å². The maximum Gasteiger partial charge on any atom is 0.393 e.